The number of sulfonamides is 1. The molecule has 29 heavy (non-hydrogen) atoms. The van der Waals surface area contributed by atoms with Gasteiger partial charge in [-0.15, -0.1) is 0 Å². The molecule has 2 aromatic rings. The van der Waals surface area contributed by atoms with Crippen molar-refractivity contribution in [3.63, 3.8) is 0 Å². The third-order valence-corrected chi connectivity index (χ3v) is 7.42. The molecule has 1 unspecified atom stereocenters. The van der Waals surface area contributed by atoms with Gasteiger partial charge in [0.15, 0.2) is 5.82 Å². The highest BCUT2D eigenvalue weighted by atomic mass is 32.2. The van der Waals surface area contributed by atoms with Crippen molar-refractivity contribution in [2.24, 2.45) is 5.41 Å². The zero-order valence-corrected chi connectivity index (χ0v) is 17.3. The molecule has 4 heterocycles. The van der Waals surface area contributed by atoms with Crippen molar-refractivity contribution in [2.75, 3.05) is 32.4 Å². The van der Waals surface area contributed by atoms with Crippen LogP contribution in [0.1, 0.15) is 42.0 Å². The van der Waals surface area contributed by atoms with E-state index in [2.05, 4.69) is 15.2 Å². The van der Waals surface area contributed by atoms with Crippen molar-refractivity contribution in [3.05, 3.63) is 29.7 Å². The molecule has 1 saturated carbocycles. The molecule has 1 atom stereocenters. The number of hydrogen-bond acceptors (Lipinski definition) is 7. The van der Waals surface area contributed by atoms with Gasteiger partial charge >= 0.3 is 0 Å². The SMILES string of the molecule is Cc1cnn(CC(=O)N2CC3(C2)CN(S(C)(=O)=O)CC3c2nc(C3CC3)no2)c1. The molecule has 0 aromatic carbocycles. The Labute approximate surface area is 168 Å². The number of carbonyl (C=O) groups is 1. The highest BCUT2D eigenvalue weighted by Gasteiger charge is 2.59. The summed E-state index contributed by atoms with van der Waals surface area (Å²) in [6.45, 7) is 3.73. The minimum atomic E-state index is -3.35. The first-order valence-corrected chi connectivity index (χ1v) is 11.6. The summed E-state index contributed by atoms with van der Waals surface area (Å²) in [4.78, 5) is 19.0. The van der Waals surface area contributed by atoms with Crippen LogP contribution in [0.3, 0.4) is 0 Å². The van der Waals surface area contributed by atoms with Gasteiger partial charge in [-0.2, -0.15) is 10.1 Å². The molecule has 2 aliphatic heterocycles. The number of rotatable bonds is 5. The van der Waals surface area contributed by atoms with Crippen LogP contribution < -0.4 is 0 Å². The molecule has 3 fully saturated rings. The van der Waals surface area contributed by atoms with Crippen molar-refractivity contribution in [2.45, 2.75) is 38.1 Å². The van der Waals surface area contributed by atoms with E-state index in [9.17, 15) is 13.2 Å². The second kappa shape index (κ2) is 6.36. The van der Waals surface area contributed by atoms with E-state index in [1.165, 1.54) is 10.6 Å². The van der Waals surface area contributed by atoms with E-state index >= 15 is 0 Å². The minimum Gasteiger partial charge on any atom is -0.340 e. The van der Waals surface area contributed by atoms with Crippen LogP contribution in [-0.2, 0) is 21.4 Å². The number of nitrogens with zero attached hydrogens (tertiary/aromatic N) is 6. The fourth-order valence-electron chi connectivity index (χ4n) is 4.41. The maximum atomic E-state index is 12.6. The van der Waals surface area contributed by atoms with E-state index < -0.39 is 10.0 Å². The normalized spacial score (nSPS) is 24.2. The van der Waals surface area contributed by atoms with Crippen molar-refractivity contribution in [1.29, 1.82) is 0 Å². The molecule has 0 bridgehead atoms. The fraction of sp³-hybridized carbons (Fsp3) is 0.667. The van der Waals surface area contributed by atoms with Crippen molar-refractivity contribution >= 4 is 15.9 Å². The molecule has 0 radical (unpaired) electrons. The molecule has 5 rings (SSSR count). The average molecular weight is 420 g/mol. The van der Waals surface area contributed by atoms with Gasteiger partial charge in [0.25, 0.3) is 0 Å². The third kappa shape index (κ3) is 3.35. The summed E-state index contributed by atoms with van der Waals surface area (Å²) in [7, 11) is -3.35. The Balaban J connectivity index is 1.34. The van der Waals surface area contributed by atoms with Gasteiger partial charge in [-0.25, -0.2) is 12.7 Å². The Morgan fingerprint density at radius 1 is 1.31 bits per heavy atom. The van der Waals surface area contributed by atoms with Crippen LogP contribution in [0.5, 0.6) is 0 Å². The number of amides is 1. The first kappa shape index (κ1) is 18.7. The zero-order chi connectivity index (χ0) is 20.4. The molecule has 2 aromatic heterocycles. The standard InChI is InChI=1S/C18H24N6O4S/c1-12-5-19-23(6-12)8-15(25)22-9-18(10-22)11-24(29(2,26)27)7-14(18)17-20-16(21-28-17)13-3-4-13/h5-6,13-14H,3-4,7-11H2,1-2H3. The van der Waals surface area contributed by atoms with Gasteiger partial charge in [0, 0.05) is 43.7 Å². The van der Waals surface area contributed by atoms with Gasteiger partial charge in [0.05, 0.1) is 18.4 Å². The van der Waals surface area contributed by atoms with Crippen molar-refractivity contribution < 1.29 is 17.7 Å². The highest BCUT2D eigenvalue weighted by molar-refractivity contribution is 7.88. The summed E-state index contributed by atoms with van der Waals surface area (Å²) in [5, 5.41) is 8.27. The van der Waals surface area contributed by atoms with Gasteiger partial charge in [-0.3, -0.25) is 9.48 Å². The van der Waals surface area contributed by atoms with Gasteiger partial charge in [-0.05, 0) is 25.3 Å². The largest absolute Gasteiger partial charge is 0.340 e. The van der Waals surface area contributed by atoms with E-state index in [-0.39, 0.29) is 23.8 Å². The van der Waals surface area contributed by atoms with Crippen LogP contribution in [0, 0.1) is 12.3 Å². The summed E-state index contributed by atoms with van der Waals surface area (Å²) < 4.78 is 33.0. The number of aromatic nitrogens is 4. The topological polar surface area (TPSA) is 114 Å². The molecule has 1 amide bonds. The lowest BCUT2D eigenvalue weighted by molar-refractivity contribution is -0.144. The van der Waals surface area contributed by atoms with E-state index in [1.807, 2.05) is 13.1 Å². The third-order valence-electron chi connectivity index (χ3n) is 6.21. The molecule has 2 saturated heterocycles. The Morgan fingerprint density at radius 2 is 2.07 bits per heavy atom. The van der Waals surface area contributed by atoms with Gasteiger partial charge in [0.1, 0.15) is 6.54 Å². The van der Waals surface area contributed by atoms with Gasteiger partial charge in [0.2, 0.25) is 21.8 Å². The predicted molar refractivity (Wildman–Crippen MR) is 101 cm³/mol. The molecule has 1 aliphatic carbocycles. The quantitative estimate of drug-likeness (QED) is 0.685. The Bertz CT molecular complexity index is 1050. The number of likely N-dealkylation sites (tertiary alicyclic amines) is 1. The van der Waals surface area contributed by atoms with Crippen LogP contribution in [0.2, 0.25) is 0 Å². The van der Waals surface area contributed by atoms with Crippen LogP contribution in [0.4, 0.5) is 0 Å². The molecule has 156 valence electrons. The van der Waals surface area contributed by atoms with Gasteiger partial charge < -0.3 is 9.42 Å². The van der Waals surface area contributed by atoms with E-state index in [0.29, 0.717) is 43.8 Å². The number of hydrogen-bond donors (Lipinski definition) is 0. The lowest BCUT2D eigenvalue weighted by atomic mass is 9.71. The minimum absolute atomic E-state index is 0.0283. The lowest BCUT2D eigenvalue weighted by Crippen LogP contribution is -2.62. The number of carbonyl (C=O) groups excluding carboxylic acids is 1. The Kier molecular flexibility index (Phi) is 4.11. The Hall–Kier alpha value is -2.27. The van der Waals surface area contributed by atoms with Crippen LogP contribution in [0.25, 0.3) is 0 Å². The first-order chi connectivity index (χ1) is 13.7. The van der Waals surface area contributed by atoms with Gasteiger partial charge in [-0.1, -0.05) is 5.16 Å². The Morgan fingerprint density at radius 3 is 2.69 bits per heavy atom. The first-order valence-electron chi connectivity index (χ1n) is 9.79. The molecular weight excluding hydrogens is 396 g/mol. The molecule has 0 N–H and O–H groups in total. The summed E-state index contributed by atoms with van der Waals surface area (Å²) >= 11 is 0. The monoisotopic (exact) mass is 420 g/mol. The van der Waals surface area contributed by atoms with Crippen LogP contribution >= 0.6 is 0 Å². The van der Waals surface area contributed by atoms with Crippen molar-refractivity contribution in [3.8, 4) is 0 Å². The van der Waals surface area contributed by atoms with Crippen LogP contribution in [0.15, 0.2) is 16.9 Å². The lowest BCUT2D eigenvalue weighted by Gasteiger charge is -2.50. The van der Waals surface area contributed by atoms with E-state index in [4.69, 9.17) is 4.52 Å². The summed E-state index contributed by atoms with van der Waals surface area (Å²) in [5.74, 6) is 1.35. The molecular formula is C18H24N6O4S. The molecule has 3 aliphatic rings. The smallest absolute Gasteiger partial charge is 0.244 e. The fourth-order valence-corrected chi connectivity index (χ4v) is 5.33. The highest BCUT2D eigenvalue weighted by Crippen LogP contribution is 2.50. The molecule has 10 nitrogen and oxygen atoms in total. The van der Waals surface area contributed by atoms with E-state index in [1.54, 1.807) is 15.8 Å². The second-order valence-electron chi connectivity index (χ2n) is 8.70. The van der Waals surface area contributed by atoms with Crippen LogP contribution in [-0.4, -0.2) is 75.9 Å². The van der Waals surface area contributed by atoms with E-state index in [0.717, 1.165) is 18.4 Å². The summed E-state index contributed by atoms with van der Waals surface area (Å²) in [5.41, 5.74) is 0.618. The number of aryl methyl sites for hydroxylation is 1. The molecule has 11 heteroatoms. The van der Waals surface area contributed by atoms with Crippen molar-refractivity contribution in [1.82, 2.24) is 29.1 Å². The summed E-state index contributed by atoms with van der Waals surface area (Å²) in [6, 6.07) is 0. The summed E-state index contributed by atoms with van der Waals surface area (Å²) in [6.07, 6.45) is 6.90. The zero-order valence-electron chi connectivity index (χ0n) is 16.5. The maximum Gasteiger partial charge on any atom is 0.244 e. The molecule has 1 spiro atoms. The average Bonchev–Trinajstić information content (AvgIpc) is 3.03. The maximum absolute atomic E-state index is 12.6. The second-order valence-corrected chi connectivity index (χ2v) is 10.7. The predicted octanol–water partition coefficient (Wildman–Crippen LogP) is 0.340.